The molecule has 1 fully saturated rings. The molecule has 0 radical (unpaired) electrons. The summed E-state index contributed by atoms with van der Waals surface area (Å²) >= 11 is 0. The van der Waals surface area contributed by atoms with Crippen molar-refractivity contribution < 1.29 is 4.74 Å². The second-order valence-electron chi connectivity index (χ2n) is 7.64. The highest BCUT2D eigenvalue weighted by atomic mass is 16.5. The van der Waals surface area contributed by atoms with Crippen molar-refractivity contribution in [2.24, 2.45) is 0 Å². The van der Waals surface area contributed by atoms with Gasteiger partial charge in [-0.05, 0) is 58.5 Å². The van der Waals surface area contributed by atoms with Crippen molar-refractivity contribution in [3.05, 3.63) is 40.7 Å². The summed E-state index contributed by atoms with van der Waals surface area (Å²) in [5.74, 6) is 0.885. The van der Waals surface area contributed by atoms with Crippen molar-refractivity contribution in [3.63, 3.8) is 0 Å². The number of benzene rings is 1. The van der Waals surface area contributed by atoms with Gasteiger partial charge in [0.25, 0.3) is 0 Å². The van der Waals surface area contributed by atoms with E-state index in [9.17, 15) is 0 Å². The first-order valence-corrected chi connectivity index (χ1v) is 10.4. The van der Waals surface area contributed by atoms with E-state index in [0.717, 1.165) is 79.0 Å². The van der Waals surface area contributed by atoms with Crippen molar-refractivity contribution in [2.75, 3.05) is 39.8 Å². The first-order valence-electron chi connectivity index (χ1n) is 10.4. The van der Waals surface area contributed by atoms with Crippen LogP contribution in [0, 0.1) is 0 Å². The normalized spacial score (nSPS) is 17.9. The molecule has 0 atom stereocenters. The molecule has 1 aliphatic heterocycles. The number of aromatic nitrogens is 2. The van der Waals surface area contributed by atoms with Gasteiger partial charge in [0.05, 0.1) is 28.7 Å². The van der Waals surface area contributed by atoms with Crippen LogP contribution < -0.4 is 15.4 Å². The summed E-state index contributed by atoms with van der Waals surface area (Å²) < 4.78 is 5.91. The average Bonchev–Trinajstić information content (AvgIpc) is 2.92. The first-order chi connectivity index (χ1) is 13.7. The van der Waals surface area contributed by atoms with Gasteiger partial charge >= 0.3 is 0 Å². The minimum atomic E-state index is 0.642. The molecular formula is C23H30N4O. The molecule has 1 saturated heterocycles. The molecule has 1 aliphatic carbocycles. The molecule has 2 heterocycles. The molecule has 0 spiro atoms. The summed E-state index contributed by atoms with van der Waals surface area (Å²) in [7, 11) is 2.21. The molecular weight excluding hydrogens is 348 g/mol. The molecule has 0 saturated carbocycles. The lowest BCUT2D eigenvalue weighted by molar-refractivity contribution is 0.266. The third-order valence-corrected chi connectivity index (χ3v) is 5.49. The van der Waals surface area contributed by atoms with E-state index in [0.29, 0.717) is 6.61 Å². The van der Waals surface area contributed by atoms with Crippen LogP contribution in [-0.4, -0.2) is 59.6 Å². The van der Waals surface area contributed by atoms with Crippen molar-refractivity contribution in [1.82, 2.24) is 19.8 Å². The molecule has 148 valence electrons. The smallest absolute Gasteiger partial charge is 0.128 e. The average molecular weight is 379 g/mol. The molecule has 0 bridgehead atoms. The highest BCUT2D eigenvalue weighted by Gasteiger charge is 2.19. The molecule has 2 aromatic rings. The third kappa shape index (κ3) is 4.26. The van der Waals surface area contributed by atoms with E-state index < -0.39 is 0 Å². The molecule has 28 heavy (non-hydrogen) atoms. The van der Waals surface area contributed by atoms with Crippen LogP contribution in [-0.2, 0) is 6.54 Å². The SMILES string of the molecule is CCOc1ccccc1-c1nc2c(nc1CN1CCCN(C)CC1)=CCCC=2. The minimum Gasteiger partial charge on any atom is -0.493 e. The van der Waals surface area contributed by atoms with Gasteiger partial charge in [-0.2, -0.15) is 0 Å². The Morgan fingerprint density at radius 3 is 2.57 bits per heavy atom. The molecule has 4 rings (SSSR count). The molecule has 1 aromatic heterocycles. The first kappa shape index (κ1) is 19.1. The maximum absolute atomic E-state index is 5.91. The van der Waals surface area contributed by atoms with Crippen LogP contribution in [0.4, 0.5) is 0 Å². The van der Waals surface area contributed by atoms with Gasteiger partial charge in [0.1, 0.15) is 5.75 Å². The van der Waals surface area contributed by atoms with Gasteiger partial charge in [0.15, 0.2) is 0 Å². The van der Waals surface area contributed by atoms with Crippen LogP contribution in [0.2, 0.25) is 0 Å². The highest BCUT2D eigenvalue weighted by Crippen LogP contribution is 2.30. The molecule has 2 aliphatic rings. The summed E-state index contributed by atoms with van der Waals surface area (Å²) in [4.78, 5) is 15.1. The second-order valence-corrected chi connectivity index (χ2v) is 7.64. The number of ether oxygens (including phenoxy) is 1. The van der Waals surface area contributed by atoms with Crippen molar-refractivity contribution in [1.29, 1.82) is 0 Å². The van der Waals surface area contributed by atoms with E-state index in [1.807, 2.05) is 19.1 Å². The Morgan fingerprint density at radius 2 is 1.75 bits per heavy atom. The summed E-state index contributed by atoms with van der Waals surface area (Å²) in [5, 5.41) is 2.04. The van der Waals surface area contributed by atoms with Crippen molar-refractivity contribution in [2.45, 2.75) is 32.7 Å². The van der Waals surface area contributed by atoms with Gasteiger partial charge in [-0.15, -0.1) is 0 Å². The number of fused-ring (bicyclic) bond motifs is 1. The number of hydrogen-bond donors (Lipinski definition) is 0. The fourth-order valence-corrected chi connectivity index (χ4v) is 3.98. The maximum Gasteiger partial charge on any atom is 0.128 e. The van der Waals surface area contributed by atoms with Gasteiger partial charge in [0, 0.05) is 25.2 Å². The third-order valence-electron chi connectivity index (χ3n) is 5.49. The van der Waals surface area contributed by atoms with Crippen LogP contribution in [0.15, 0.2) is 24.3 Å². The summed E-state index contributed by atoms with van der Waals surface area (Å²) in [5.41, 5.74) is 3.06. The Hall–Kier alpha value is -2.24. The molecule has 0 amide bonds. The zero-order valence-corrected chi connectivity index (χ0v) is 17.0. The molecule has 5 heteroatoms. The fraction of sp³-hybridized carbons (Fsp3) is 0.478. The largest absolute Gasteiger partial charge is 0.493 e. The number of likely N-dealkylation sites (N-methyl/N-ethyl adjacent to an activating group) is 1. The quantitative estimate of drug-likeness (QED) is 0.796. The van der Waals surface area contributed by atoms with Gasteiger partial charge < -0.3 is 9.64 Å². The predicted octanol–water partition coefficient (Wildman–Crippen LogP) is 2.03. The molecule has 5 nitrogen and oxygen atoms in total. The monoisotopic (exact) mass is 378 g/mol. The Bertz CT molecular complexity index is 940. The second kappa shape index (κ2) is 8.84. The summed E-state index contributed by atoms with van der Waals surface area (Å²) in [6.45, 7) is 7.93. The van der Waals surface area contributed by atoms with E-state index >= 15 is 0 Å². The zero-order valence-electron chi connectivity index (χ0n) is 17.0. The zero-order chi connectivity index (χ0) is 19.3. The van der Waals surface area contributed by atoms with Crippen LogP contribution >= 0.6 is 0 Å². The topological polar surface area (TPSA) is 41.5 Å². The Balaban J connectivity index is 1.77. The summed E-state index contributed by atoms with van der Waals surface area (Å²) in [6.07, 6.45) is 7.70. The molecule has 0 N–H and O–H groups in total. The predicted molar refractivity (Wildman–Crippen MR) is 113 cm³/mol. The molecule has 0 unspecified atom stereocenters. The van der Waals surface area contributed by atoms with E-state index in [1.54, 1.807) is 0 Å². The van der Waals surface area contributed by atoms with Crippen LogP contribution in [0.5, 0.6) is 5.75 Å². The minimum absolute atomic E-state index is 0.642. The van der Waals surface area contributed by atoms with Gasteiger partial charge in [-0.3, -0.25) is 4.90 Å². The molecule has 1 aromatic carbocycles. The fourth-order valence-electron chi connectivity index (χ4n) is 3.98. The highest BCUT2D eigenvalue weighted by molar-refractivity contribution is 5.69. The number of hydrogen-bond acceptors (Lipinski definition) is 5. The summed E-state index contributed by atoms with van der Waals surface area (Å²) in [6, 6.07) is 8.21. The lowest BCUT2D eigenvalue weighted by atomic mass is 10.1. The van der Waals surface area contributed by atoms with E-state index in [2.05, 4.69) is 41.1 Å². The standard InChI is InChI=1S/C23H30N4O/c1-3-28-22-12-7-4-9-18(22)23-21(17-27-14-8-13-26(2)15-16-27)24-19-10-5-6-11-20(19)25-23/h4,7,9-12H,3,5-6,8,13-17H2,1-2H3. The van der Waals surface area contributed by atoms with Crippen LogP contribution in [0.25, 0.3) is 23.4 Å². The van der Waals surface area contributed by atoms with Crippen LogP contribution in [0.3, 0.4) is 0 Å². The number of nitrogens with zero attached hydrogens (tertiary/aromatic N) is 4. The number of rotatable bonds is 5. The lowest BCUT2D eigenvalue weighted by Crippen LogP contribution is -2.37. The van der Waals surface area contributed by atoms with Crippen LogP contribution in [0.1, 0.15) is 31.9 Å². The van der Waals surface area contributed by atoms with E-state index in [4.69, 9.17) is 14.7 Å². The Labute approximate surface area is 167 Å². The van der Waals surface area contributed by atoms with E-state index in [1.165, 1.54) is 6.42 Å². The number of para-hydroxylation sites is 1. The van der Waals surface area contributed by atoms with E-state index in [-0.39, 0.29) is 0 Å². The Kier molecular flexibility index (Phi) is 6.03. The lowest BCUT2D eigenvalue weighted by Gasteiger charge is -2.21. The van der Waals surface area contributed by atoms with Crippen molar-refractivity contribution >= 4 is 12.2 Å². The van der Waals surface area contributed by atoms with Crippen molar-refractivity contribution in [3.8, 4) is 17.0 Å². The van der Waals surface area contributed by atoms with Gasteiger partial charge in [-0.25, -0.2) is 9.97 Å². The maximum atomic E-state index is 5.91. The van der Waals surface area contributed by atoms with Gasteiger partial charge in [-0.1, -0.05) is 24.3 Å². The Morgan fingerprint density at radius 1 is 0.964 bits per heavy atom. The van der Waals surface area contributed by atoms with Gasteiger partial charge in [0.2, 0.25) is 0 Å².